The van der Waals surface area contributed by atoms with E-state index in [2.05, 4.69) is 10.0 Å². The molecule has 2 rings (SSSR count). The van der Waals surface area contributed by atoms with Gasteiger partial charge in [-0.05, 0) is 57.0 Å². The standard InChI is InChI=1S/C19H25N3O3S/c1-19(2,3)22-26(24,25)16-9-6-8-15(13-16)21-18(23)12-11-14-7-4-5-10-17(14)20/h4-10,13,22H,11-12,20H2,1-3H3,(H,21,23). The Labute approximate surface area is 154 Å². The average molecular weight is 375 g/mol. The van der Waals surface area contributed by atoms with E-state index in [4.69, 9.17) is 5.73 Å². The third kappa shape index (κ3) is 5.86. The number of para-hydroxylation sites is 1. The molecule has 0 spiro atoms. The molecule has 1 amide bonds. The number of rotatable bonds is 6. The molecule has 0 fully saturated rings. The summed E-state index contributed by atoms with van der Waals surface area (Å²) in [6, 6.07) is 13.6. The van der Waals surface area contributed by atoms with Gasteiger partial charge in [0.2, 0.25) is 15.9 Å². The van der Waals surface area contributed by atoms with Crippen LogP contribution < -0.4 is 15.8 Å². The zero-order valence-electron chi connectivity index (χ0n) is 15.2. The monoisotopic (exact) mass is 375 g/mol. The topological polar surface area (TPSA) is 101 Å². The Morgan fingerprint density at radius 3 is 2.42 bits per heavy atom. The fraction of sp³-hybridized carbons (Fsp3) is 0.316. The SMILES string of the molecule is CC(C)(C)NS(=O)(=O)c1cccc(NC(=O)CCc2ccccc2N)c1. The van der Waals surface area contributed by atoms with E-state index in [1.165, 1.54) is 12.1 Å². The molecule has 6 nitrogen and oxygen atoms in total. The van der Waals surface area contributed by atoms with Gasteiger partial charge in [-0.25, -0.2) is 13.1 Å². The first-order chi connectivity index (χ1) is 12.1. The summed E-state index contributed by atoms with van der Waals surface area (Å²) < 4.78 is 27.4. The van der Waals surface area contributed by atoms with E-state index in [1.807, 2.05) is 18.2 Å². The van der Waals surface area contributed by atoms with Crippen LogP contribution in [0.2, 0.25) is 0 Å². The largest absolute Gasteiger partial charge is 0.399 e. The van der Waals surface area contributed by atoms with Crippen LogP contribution in [0.25, 0.3) is 0 Å². The summed E-state index contributed by atoms with van der Waals surface area (Å²) in [5.41, 5.74) is 7.29. The van der Waals surface area contributed by atoms with Gasteiger partial charge in [0.1, 0.15) is 0 Å². The zero-order chi connectivity index (χ0) is 19.4. The van der Waals surface area contributed by atoms with Crippen LogP contribution in [-0.4, -0.2) is 19.9 Å². The summed E-state index contributed by atoms with van der Waals surface area (Å²) in [6.45, 7) is 5.31. The summed E-state index contributed by atoms with van der Waals surface area (Å²) in [7, 11) is -3.65. The molecular formula is C19H25N3O3S. The van der Waals surface area contributed by atoms with Crippen LogP contribution >= 0.6 is 0 Å². The number of hydrogen-bond acceptors (Lipinski definition) is 4. The third-order valence-corrected chi connectivity index (χ3v) is 5.30. The van der Waals surface area contributed by atoms with Gasteiger partial charge in [0.05, 0.1) is 4.90 Å². The lowest BCUT2D eigenvalue weighted by Crippen LogP contribution is -2.40. The van der Waals surface area contributed by atoms with E-state index in [-0.39, 0.29) is 17.2 Å². The van der Waals surface area contributed by atoms with Crippen LogP contribution in [0.5, 0.6) is 0 Å². The van der Waals surface area contributed by atoms with Crippen LogP contribution in [-0.2, 0) is 21.2 Å². The summed E-state index contributed by atoms with van der Waals surface area (Å²) in [5.74, 6) is -0.202. The molecule has 0 aliphatic carbocycles. The maximum Gasteiger partial charge on any atom is 0.241 e. The van der Waals surface area contributed by atoms with Crippen molar-refractivity contribution in [3.8, 4) is 0 Å². The van der Waals surface area contributed by atoms with E-state index in [0.717, 1.165) is 5.56 Å². The van der Waals surface area contributed by atoms with Gasteiger partial charge in [0.15, 0.2) is 0 Å². The van der Waals surface area contributed by atoms with Crippen molar-refractivity contribution in [1.82, 2.24) is 4.72 Å². The minimum Gasteiger partial charge on any atom is -0.399 e. The number of hydrogen-bond donors (Lipinski definition) is 3. The van der Waals surface area contributed by atoms with Crippen molar-refractivity contribution in [1.29, 1.82) is 0 Å². The van der Waals surface area contributed by atoms with Gasteiger partial charge in [0, 0.05) is 23.3 Å². The second-order valence-electron chi connectivity index (χ2n) is 7.13. The lowest BCUT2D eigenvalue weighted by atomic mass is 10.1. The summed E-state index contributed by atoms with van der Waals surface area (Å²) >= 11 is 0. The number of aryl methyl sites for hydroxylation is 1. The molecule has 0 unspecified atom stereocenters. The molecule has 2 aromatic rings. The van der Waals surface area contributed by atoms with E-state index in [9.17, 15) is 13.2 Å². The van der Waals surface area contributed by atoms with Crippen molar-refractivity contribution >= 4 is 27.3 Å². The van der Waals surface area contributed by atoms with Gasteiger partial charge in [0.25, 0.3) is 0 Å². The molecule has 0 atom stereocenters. The van der Waals surface area contributed by atoms with Crippen molar-refractivity contribution in [2.24, 2.45) is 0 Å². The van der Waals surface area contributed by atoms with Gasteiger partial charge >= 0.3 is 0 Å². The lowest BCUT2D eigenvalue weighted by molar-refractivity contribution is -0.116. The van der Waals surface area contributed by atoms with Crippen molar-refractivity contribution in [3.05, 3.63) is 54.1 Å². The zero-order valence-corrected chi connectivity index (χ0v) is 16.1. The van der Waals surface area contributed by atoms with Crippen LogP contribution in [0.15, 0.2) is 53.4 Å². The molecule has 0 aromatic heterocycles. The Balaban J connectivity index is 2.04. The number of amides is 1. The Hall–Kier alpha value is -2.38. The molecule has 0 bridgehead atoms. The first kappa shape index (κ1) is 19.9. The molecule has 4 N–H and O–H groups in total. The minimum atomic E-state index is -3.65. The molecule has 0 saturated carbocycles. The number of carbonyl (C=O) groups excluding carboxylic acids is 1. The molecule has 0 radical (unpaired) electrons. The van der Waals surface area contributed by atoms with Crippen molar-refractivity contribution in [2.45, 2.75) is 44.0 Å². The van der Waals surface area contributed by atoms with Gasteiger partial charge in [-0.15, -0.1) is 0 Å². The van der Waals surface area contributed by atoms with Crippen LogP contribution in [0, 0.1) is 0 Å². The van der Waals surface area contributed by atoms with Crippen molar-refractivity contribution in [2.75, 3.05) is 11.1 Å². The highest BCUT2D eigenvalue weighted by Crippen LogP contribution is 2.18. The van der Waals surface area contributed by atoms with E-state index in [0.29, 0.717) is 17.8 Å². The van der Waals surface area contributed by atoms with E-state index in [1.54, 1.807) is 39.0 Å². The summed E-state index contributed by atoms with van der Waals surface area (Å²) in [5, 5.41) is 2.73. The molecule has 26 heavy (non-hydrogen) atoms. The van der Waals surface area contributed by atoms with Crippen LogP contribution in [0.3, 0.4) is 0 Å². The number of nitrogens with two attached hydrogens (primary N) is 1. The highest BCUT2D eigenvalue weighted by molar-refractivity contribution is 7.89. The quantitative estimate of drug-likeness (QED) is 0.676. The number of benzene rings is 2. The first-order valence-corrected chi connectivity index (χ1v) is 9.82. The average Bonchev–Trinajstić information content (AvgIpc) is 2.52. The molecular weight excluding hydrogens is 350 g/mol. The Morgan fingerprint density at radius 1 is 1.08 bits per heavy atom. The van der Waals surface area contributed by atoms with E-state index < -0.39 is 15.6 Å². The fourth-order valence-corrected chi connectivity index (χ4v) is 3.90. The number of anilines is 2. The summed E-state index contributed by atoms with van der Waals surface area (Å²) in [6.07, 6.45) is 0.771. The second-order valence-corrected chi connectivity index (χ2v) is 8.81. The second kappa shape index (κ2) is 7.88. The number of sulfonamides is 1. The minimum absolute atomic E-state index is 0.109. The normalized spacial score (nSPS) is 12.0. The maximum atomic E-state index is 12.4. The highest BCUT2D eigenvalue weighted by atomic mass is 32.2. The first-order valence-electron chi connectivity index (χ1n) is 8.34. The Bertz CT molecular complexity index is 887. The van der Waals surface area contributed by atoms with Gasteiger partial charge in [-0.1, -0.05) is 24.3 Å². The fourth-order valence-electron chi connectivity index (χ4n) is 2.44. The molecule has 0 aliphatic rings. The predicted octanol–water partition coefficient (Wildman–Crippen LogP) is 2.92. The predicted molar refractivity (Wildman–Crippen MR) is 104 cm³/mol. The Kier molecular flexibility index (Phi) is 6.05. The Morgan fingerprint density at radius 2 is 1.77 bits per heavy atom. The highest BCUT2D eigenvalue weighted by Gasteiger charge is 2.22. The van der Waals surface area contributed by atoms with Crippen molar-refractivity contribution in [3.63, 3.8) is 0 Å². The lowest BCUT2D eigenvalue weighted by Gasteiger charge is -2.20. The van der Waals surface area contributed by atoms with Gasteiger partial charge in [-0.2, -0.15) is 0 Å². The molecule has 0 aliphatic heterocycles. The molecule has 140 valence electrons. The molecule has 0 saturated heterocycles. The maximum absolute atomic E-state index is 12.4. The van der Waals surface area contributed by atoms with Crippen LogP contribution in [0.1, 0.15) is 32.8 Å². The number of carbonyl (C=O) groups is 1. The molecule has 7 heteroatoms. The third-order valence-electron chi connectivity index (χ3n) is 3.55. The van der Waals surface area contributed by atoms with Gasteiger partial charge < -0.3 is 11.1 Å². The number of nitrogen functional groups attached to an aromatic ring is 1. The van der Waals surface area contributed by atoms with Crippen molar-refractivity contribution < 1.29 is 13.2 Å². The molecule has 2 aromatic carbocycles. The summed E-state index contributed by atoms with van der Waals surface area (Å²) in [4.78, 5) is 12.3. The van der Waals surface area contributed by atoms with Gasteiger partial charge in [-0.3, -0.25) is 4.79 Å². The smallest absolute Gasteiger partial charge is 0.241 e. The number of nitrogens with one attached hydrogen (secondary N) is 2. The van der Waals surface area contributed by atoms with Crippen LogP contribution in [0.4, 0.5) is 11.4 Å². The van der Waals surface area contributed by atoms with E-state index >= 15 is 0 Å². The molecule has 0 heterocycles.